The van der Waals surface area contributed by atoms with Gasteiger partial charge in [-0.1, -0.05) is 19.4 Å². The van der Waals surface area contributed by atoms with Crippen molar-refractivity contribution >= 4 is 6.08 Å². The van der Waals surface area contributed by atoms with Crippen LogP contribution in [-0.2, 0) is 4.74 Å². The van der Waals surface area contributed by atoms with Crippen LogP contribution < -0.4 is 5.32 Å². The quantitative estimate of drug-likeness (QED) is 0.868. The molecular formula is C16H27N3O. The Morgan fingerprint density at radius 3 is 3.00 bits per heavy atom. The lowest BCUT2D eigenvalue weighted by Crippen LogP contribution is -2.41. The first-order valence-corrected chi connectivity index (χ1v) is 7.76. The Labute approximate surface area is 122 Å². The van der Waals surface area contributed by atoms with Crippen LogP contribution in [0.2, 0.25) is 0 Å². The second-order valence-electron chi connectivity index (χ2n) is 5.61. The molecule has 112 valence electrons. The predicted molar refractivity (Wildman–Crippen MR) is 82.7 cm³/mol. The Balaban J connectivity index is 1.95. The fourth-order valence-corrected chi connectivity index (χ4v) is 2.75. The van der Waals surface area contributed by atoms with Gasteiger partial charge in [-0.05, 0) is 38.3 Å². The zero-order chi connectivity index (χ0) is 14.4. The molecule has 1 aliphatic rings. The molecule has 1 aromatic heterocycles. The molecule has 2 heterocycles. The number of ether oxygens (including phenoxy) is 1. The lowest BCUT2D eigenvalue weighted by atomic mass is 10.1. The van der Waals surface area contributed by atoms with E-state index in [0.717, 1.165) is 44.7 Å². The maximum Gasteiger partial charge on any atom is 0.0850 e. The van der Waals surface area contributed by atoms with Gasteiger partial charge in [0.05, 0.1) is 24.9 Å². The monoisotopic (exact) mass is 277 g/mol. The molecule has 0 aromatic carbocycles. The summed E-state index contributed by atoms with van der Waals surface area (Å²) in [6, 6.07) is 3.07. The highest BCUT2D eigenvalue weighted by Crippen LogP contribution is 2.16. The van der Waals surface area contributed by atoms with Crippen LogP contribution in [0, 0.1) is 0 Å². The largest absolute Gasteiger partial charge is 0.379 e. The number of nitrogens with zero attached hydrogens (tertiary/aromatic N) is 2. The molecule has 0 bridgehead atoms. The van der Waals surface area contributed by atoms with Crippen LogP contribution in [0.15, 0.2) is 17.8 Å². The minimum absolute atomic E-state index is 0.445. The zero-order valence-corrected chi connectivity index (χ0v) is 12.9. The summed E-state index contributed by atoms with van der Waals surface area (Å²) in [5.74, 6) is 0. The molecule has 1 fully saturated rings. The third-order valence-corrected chi connectivity index (χ3v) is 3.91. The smallest absolute Gasteiger partial charge is 0.0850 e. The highest BCUT2D eigenvalue weighted by molar-refractivity contribution is 5.47. The Bertz CT molecular complexity index is 429. The molecule has 4 heteroatoms. The number of rotatable bonds is 6. The molecule has 0 saturated carbocycles. The minimum Gasteiger partial charge on any atom is -0.379 e. The van der Waals surface area contributed by atoms with Crippen LogP contribution in [0.1, 0.15) is 51.8 Å². The van der Waals surface area contributed by atoms with Crippen LogP contribution in [0.5, 0.6) is 0 Å². The molecule has 1 N–H and O–H groups in total. The lowest BCUT2D eigenvalue weighted by Gasteiger charge is -2.23. The van der Waals surface area contributed by atoms with E-state index in [2.05, 4.69) is 54.2 Å². The van der Waals surface area contributed by atoms with Gasteiger partial charge in [0.2, 0.25) is 0 Å². The van der Waals surface area contributed by atoms with Crippen LogP contribution >= 0.6 is 0 Å². The van der Waals surface area contributed by atoms with Gasteiger partial charge >= 0.3 is 0 Å². The number of aromatic nitrogens is 2. The van der Waals surface area contributed by atoms with Gasteiger partial charge in [0.25, 0.3) is 0 Å². The maximum absolute atomic E-state index is 5.49. The number of morpholine rings is 1. The van der Waals surface area contributed by atoms with Crippen LogP contribution in [0.3, 0.4) is 0 Å². The predicted octanol–water partition coefficient (Wildman–Crippen LogP) is 3.03. The van der Waals surface area contributed by atoms with Crippen LogP contribution in [0.25, 0.3) is 6.08 Å². The molecule has 0 aliphatic carbocycles. The second-order valence-corrected chi connectivity index (χ2v) is 5.61. The van der Waals surface area contributed by atoms with E-state index in [1.165, 1.54) is 5.57 Å². The highest BCUT2D eigenvalue weighted by Gasteiger charge is 2.13. The van der Waals surface area contributed by atoms with Gasteiger partial charge in [0, 0.05) is 18.8 Å². The Hall–Kier alpha value is -1.13. The fourth-order valence-electron chi connectivity index (χ4n) is 2.75. The van der Waals surface area contributed by atoms with Crippen molar-refractivity contribution < 1.29 is 4.74 Å². The third-order valence-electron chi connectivity index (χ3n) is 3.91. The topological polar surface area (TPSA) is 39.1 Å². The third kappa shape index (κ3) is 4.18. The SMILES string of the molecule is CCC(CC)n1ccc(/C=C(/C)CC2COCCN2)n1. The number of hydrogen-bond donors (Lipinski definition) is 1. The summed E-state index contributed by atoms with van der Waals surface area (Å²) in [7, 11) is 0. The van der Waals surface area contributed by atoms with Crippen molar-refractivity contribution in [2.45, 2.75) is 52.1 Å². The van der Waals surface area contributed by atoms with Gasteiger partial charge in [-0.25, -0.2) is 0 Å². The number of nitrogens with one attached hydrogen (secondary N) is 1. The first-order chi connectivity index (χ1) is 9.72. The van der Waals surface area contributed by atoms with Crippen molar-refractivity contribution in [1.82, 2.24) is 15.1 Å². The van der Waals surface area contributed by atoms with E-state index in [1.807, 2.05) is 0 Å². The first-order valence-electron chi connectivity index (χ1n) is 7.76. The molecule has 20 heavy (non-hydrogen) atoms. The first kappa shape index (κ1) is 15.3. The van der Waals surface area contributed by atoms with Crippen molar-refractivity contribution in [2.75, 3.05) is 19.8 Å². The van der Waals surface area contributed by atoms with E-state index in [-0.39, 0.29) is 0 Å². The van der Waals surface area contributed by atoms with Gasteiger partial charge in [-0.15, -0.1) is 0 Å². The number of hydrogen-bond acceptors (Lipinski definition) is 3. The second kappa shape index (κ2) is 7.60. The summed E-state index contributed by atoms with van der Waals surface area (Å²) < 4.78 is 7.59. The molecule has 0 radical (unpaired) electrons. The van der Waals surface area contributed by atoms with E-state index in [1.54, 1.807) is 0 Å². The molecule has 1 saturated heterocycles. The Morgan fingerprint density at radius 2 is 2.35 bits per heavy atom. The molecule has 2 rings (SSSR count). The van der Waals surface area contributed by atoms with Crippen molar-refractivity contribution in [3.63, 3.8) is 0 Å². The summed E-state index contributed by atoms with van der Waals surface area (Å²) in [6.07, 6.45) is 7.57. The molecule has 1 unspecified atom stereocenters. The summed E-state index contributed by atoms with van der Waals surface area (Å²) in [6.45, 7) is 9.21. The normalized spacial score (nSPS) is 20.6. The molecular weight excluding hydrogens is 250 g/mol. The van der Waals surface area contributed by atoms with Crippen LogP contribution in [-0.4, -0.2) is 35.6 Å². The van der Waals surface area contributed by atoms with Crippen molar-refractivity contribution in [3.8, 4) is 0 Å². The average Bonchev–Trinajstić information content (AvgIpc) is 2.89. The molecule has 0 spiro atoms. The average molecular weight is 277 g/mol. The zero-order valence-electron chi connectivity index (χ0n) is 12.9. The molecule has 0 amide bonds. The van der Waals surface area contributed by atoms with Gasteiger partial charge in [0.1, 0.15) is 0 Å². The van der Waals surface area contributed by atoms with Crippen LogP contribution in [0.4, 0.5) is 0 Å². The van der Waals surface area contributed by atoms with Crippen molar-refractivity contribution in [3.05, 3.63) is 23.5 Å². The molecule has 4 nitrogen and oxygen atoms in total. The maximum atomic E-state index is 5.49. The van der Waals surface area contributed by atoms with E-state index < -0.39 is 0 Å². The molecule has 1 aromatic rings. The van der Waals surface area contributed by atoms with Gasteiger partial charge in [0.15, 0.2) is 0 Å². The van der Waals surface area contributed by atoms with Gasteiger partial charge < -0.3 is 10.1 Å². The lowest BCUT2D eigenvalue weighted by molar-refractivity contribution is 0.0771. The van der Waals surface area contributed by atoms with E-state index in [4.69, 9.17) is 4.74 Å². The summed E-state index contributed by atoms with van der Waals surface area (Å²) in [5, 5.41) is 8.16. The standard InChI is InChI=1S/C16H27N3O/c1-4-16(5-2)19-8-6-14(18-19)10-13(3)11-15-12-20-9-7-17-15/h6,8,10,15-17H,4-5,7,9,11-12H2,1-3H3/b13-10-. The fraction of sp³-hybridized carbons (Fsp3) is 0.688. The molecule has 1 atom stereocenters. The van der Waals surface area contributed by atoms with E-state index in [9.17, 15) is 0 Å². The summed E-state index contributed by atoms with van der Waals surface area (Å²) in [5.41, 5.74) is 2.41. The minimum atomic E-state index is 0.445. The van der Waals surface area contributed by atoms with Gasteiger partial charge in [-0.2, -0.15) is 5.10 Å². The summed E-state index contributed by atoms with van der Waals surface area (Å²) in [4.78, 5) is 0. The van der Waals surface area contributed by atoms with Gasteiger partial charge in [-0.3, -0.25) is 4.68 Å². The Morgan fingerprint density at radius 1 is 1.55 bits per heavy atom. The van der Waals surface area contributed by atoms with Crippen molar-refractivity contribution in [1.29, 1.82) is 0 Å². The van der Waals surface area contributed by atoms with E-state index >= 15 is 0 Å². The van der Waals surface area contributed by atoms with Crippen molar-refractivity contribution in [2.24, 2.45) is 0 Å². The Kier molecular flexibility index (Phi) is 5.80. The molecule has 1 aliphatic heterocycles. The summed E-state index contributed by atoms with van der Waals surface area (Å²) >= 11 is 0. The highest BCUT2D eigenvalue weighted by atomic mass is 16.5. The van der Waals surface area contributed by atoms with E-state index in [0.29, 0.717) is 12.1 Å².